The minimum Gasteiger partial charge on any atom is -0.351 e. The molecule has 1 aliphatic carbocycles. The summed E-state index contributed by atoms with van der Waals surface area (Å²) in [5, 5.41) is 10.0. The molecule has 134 valence electrons. The van der Waals surface area contributed by atoms with E-state index in [0.29, 0.717) is 19.6 Å². The maximum absolute atomic E-state index is 13.0. The van der Waals surface area contributed by atoms with Crippen molar-refractivity contribution in [2.75, 3.05) is 6.54 Å². The van der Waals surface area contributed by atoms with E-state index in [2.05, 4.69) is 20.3 Å². The first-order chi connectivity index (χ1) is 11.9. The van der Waals surface area contributed by atoms with Crippen molar-refractivity contribution < 1.29 is 13.6 Å². The van der Waals surface area contributed by atoms with E-state index in [1.54, 1.807) is 22.2 Å². The van der Waals surface area contributed by atoms with Crippen LogP contribution in [-0.2, 0) is 17.9 Å². The number of thiazole rings is 1. The summed E-state index contributed by atoms with van der Waals surface area (Å²) in [6.07, 6.45) is 1.11. The van der Waals surface area contributed by atoms with Gasteiger partial charge < -0.3 is 5.32 Å². The molecule has 0 spiro atoms. The molecule has 1 saturated carbocycles. The van der Waals surface area contributed by atoms with E-state index < -0.39 is 18.0 Å². The van der Waals surface area contributed by atoms with Gasteiger partial charge in [-0.15, -0.1) is 11.3 Å². The van der Waals surface area contributed by atoms with E-state index in [1.807, 2.05) is 18.4 Å². The number of hydrogen-bond donors (Lipinski definition) is 1. The van der Waals surface area contributed by atoms with Gasteiger partial charge in [-0.1, -0.05) is 0 Å². The molecule has 0 radical (unpaired) electrons. The zero-order chi connectivity index (χ0) is 17.6. The number of carbonyl (C=O) groups is 1. The van der Waals surface area contributed by atoms with Gasteiger partial charge in [0.15, 0.2) is 0 Å². The number of amides is 1. The minimum absolute atomic E-state index is 0.246. The molecule has 2 aromatic heterocycles. The van der Waals surface area contributed by atoms with Gasteiger partial charge in [-0.2, -0.15) is 5.10 Å². The molecule has 4 rings (SSSR count). The van der Waals surface area contributed by atoms with Gasteiger partial charge in [-0.3, -0.25) is 14.4 Å². The number of carbonyl (C=O) groups excluding carboxylic acids is 1. The van der Waals surface area contributed by atoms with Crippen molar-refractivity contribution in [3.05, 3.63) is 34.0 Å². The first-order valence-electron chi connectivity index (χ1n) is 8.23. The molecule has 25 heavy (non-hydrogen) atoms. The highest BCUT2D eigenvalue weighted by atomic mass is 32.1. The second-order valence-electron chi connectivity index (χ2n) is 6.78. The molecule has 2 aliphatic rings. The maximum Gasteiger partial charge on any atom is 0.252 e. The number of hydrogen-bond acceptors (Lipinski definition) is 5. The van der Waals surface area contributed by atoms with Gasteiger partial charge in [-0.25, -0.2) is 13.8 Å². The van der Waals surface area contributed by atoms with Gasteiger partial charge in [0.05, 0.1) is 16.4 Å². The molecule has 1 unspecified atom stereocenters. The number of fused-ring (bicyclic) bond motifs is 1. The Morgan fingerprint density at radius 3 is 2.96 bits per heavy atom. The van der Waals surface area contributed by atoms with E-state index in [9.17, 15) is 13.6 Å². The Balaban J connectivity index is 1.46. The van der Waals surface area contributed by atoms with Crippen LogP contribution in [0, 0.1) is 6.92 Å². The van der Waals surface area contributed by atoms with Crippen LogP contribution < -0.4 is 5.32 Å². The molecule has 3 heterocycles. The quantitative estimate of drug-likeness (QED) is 0.899. The predicted octanol–water partition coefficient (Wildman–Crippen LogP) is 2.12. The molecule has 1 amide bonds. The summed E-state index contributed by atoms with van der Waals surface area (Å²) in [6.45, 7) is 3.78. The highest BCUT2D eigenvalue weighted by molar-refractivity contribution is 7.09. The SMILES string of the molecule is Cc1nc(CN2Cc3ccnn3C(C(=O)NC3CC(F)(F)C3)C2)cs1. The van der Waals surface area contributed by atoms with Crippen LogP contribution in [0.15, 0.2) is 17.6 Å². The summed E-state index contributed by atoms with van der Waals surface area (Å²) >= 11 is 1.60. The lowest BCUT2D eigenvalue weighted by Gasteiger charge is -2.38. The van der Waals surface area contributed by atoms with Crippen molar-refractivity contribution in [1.29, 1.82) is 0 Å². The highest BCUT2D eigenvalue weighted by Crippen LogP contribution is 2.37. The van der Waals surface area contributed by atoms with Gasteiger partial charge in [0.25, 0.3) is 5.92 Å². The number of halogens is 2. The molecule has 0 bridgehead atoms. The summed E-state index contributed by atoms with van der Waals surface area (Å²) in [4.78, 5) is 19.2. The van der Waals surface area contributed by atoms with Gasteiger partial charge in [0, 0.05) is 50.1 Å². The van der Waals surface area contributed by atoms with Gasteiger partial charge in [-0.05, 0) is 13.0 Å². The number of rotatable bonds is 4. The Hall–Kier alpha value is -1.87. The second-order valence-corrected chi connectivity index (χ2v) is 7.84. The first-order valence-corrected chi connectivity index (χ1v) is 9.11. The number of aryl methyl sites for hydroxylation is 1. The Bertz CT molecular complexity index is 781. The molecule has 9 heteroatoms. The fourth-order valence-electron chi connectivity index (χ4n) is 3.45. The second kappa shape index (κ2) is 6.14. The highest BCUT2D eigenvalue weighted by Gasteiger charge is 2.46. The maximum atomic E-state index is 13.0. The van der Waals surface area contributed by atoms with Crippen molar-refractivity contribution in [1.82, 2.24) is 25.0 Å². The van der Waals surface area contributed by atoms with Gasteiger partial charge in [0.2, 0.25) is 5.91 Å². The molecule has 1 aliphatic heterocycles. The van der Waals surface area contributed by atoms with Crippen molar-refractivity contribution in [2.45, 2.75) is 50.9 Å². The molecular formula is C16H19F2N5OS. The van der Waals surface area contributed by atoms with Crippen molar-refractivity contribution in [3.8, 4) is 0 Å². The van der Waals surface area contributed by atoms with Crippen LogP contribution in [0.4, 0.5) is 8.78 Å². The summed E-state index contributed by atoms with van der Waals surface area (Å²) in [6, 6.07) is 0.932. The van der Waals surface area contributed by atoms with Gasteiger partial charge >= 0.3 is 0 Å². The molecule has 1 atom stereocenters. The average Bonchev–Trinajstić information content (AvgIpc) is 3.13. The predicted molar refractivity (Wildman–Crippen MR) is 88.3 cm³/mol. The van der Waals surface area contributed by atoms with Gasteiger partial charge in [0.1, 0.15) is 6.04 Å². The lowest BCUT2D eigenvalue weighted by Crippen LogP contribution is -2.54. The average molecular weight is 367 g/mol. The molecule has 1 fully saturated rings. The van der Waals surface area contributed by atoms with Crippen LogP contribution in [0.2, 0.25) is 0 Å². The van der Waals surface area contributed by atoms with Crippen LogP contribution in [0.1, 0.15) is 35.3 Å². The van der Waals surface area contributed by atoms with E-state index in [1.165, 1.54) is 0 Å². The third-order valence-corrected chi connectivity index (χ3v) is 5.48. The number of nitrogens with zero attached hydrogens (tertiary/aromatic N) is 4. The molecule has 0 saturated heterocycles. The van der Waals surface area contributed by atoms with E-state index in [4.69, 9.17) is 0 Å². The zero-order valence-corrected chi connectivity index (χ0v) is 14.6. The molecule has 2 aromatic rings. The van der Waals surface area contributed by atoms with Crippen molar-refractivity contribution in [2.24, 2.45) is 0 Å². The number of alkyl halides is 2. The standard InChI is InChI=1S/C16H19F2N5OS/c1-10-20-12(9-25-10)6-22-7-13-2-3-19-23(13)14(8-22)15(24)21-11-4-16(17,18)5-11/h2-3,9,11,14H,4-8H2,1H3,(H,21,24). The number of nitrogens with one attached hydrogen (secondary N) is 1. The first kappa shape index (κ1) is 16.6. The molecule has 1 N–H and O–H groups in total. The third kappa shape index (κ3) is 3.43. The van der Waals surface area contributed by atoms with Crippen LogP contribution in [0.3, 0.4) is 0 Å². The Morgan fingerprint density at radius 2 is 2.28 bits per heavy atom. The largest absolute Gasteiger partial charge is 0.351 e. The fourth-order valence-corrected chi connectivity index (χ4v) is 4.05. The topological polar surface area (TPSA) is 63.1 Å². The monoisotopic (exact) mass is 367 g/mol. The van der Waals surface area contributed by atoms with Crippen molar-refractivity contribution >= 4 is 17.2 Å². The lowest BCUT2D eigenvalue weighted by atomic mass is 9.88. The van der Waals surface area contributed by atoms with Crippen LogP contribution in [-0.4, -0.2) is 44.1 Å². The Morgan fingerprint density at radius 1 is 1.48 bits per heavy atom. The number of aromatic nitrogens is 3. The van der Waals surface area contributed by atoms with Crippen LogP contribution in [0.5, 0.6) is 0 Å². The summed E-state index contributed by atoms with van der Waals surface area (Å²) < 4.78 is 27.7. The van der Waals surface area contributed by atoms with E-state index >= 15 is 0 Å². The normalized spacial score (nSPS) is 23.1. The van der Waals surface area contributed by atoms with Crippen molar-refractivity contribution in [3.63, 3.8) is 0 Å². The minimum atomic E-state index is -2.64. The molecular weight excluding hydrogens is 348 g/mol. The third-order valence-electron chi connectivity index (χ3n) is 4.66. The summed E-state index contributed by atoms with van der Waals surface area (Å²) in [5.41, 5.74) is 1.92. The Labute approximate surface area is 147 Å². The molecule has 0 aromatic carbocycles. The lowest BCUT2D eigenvalue weighted by molar-refractivity contribution is -0.133. The molecule has 6 nitrogen and oxygen atoms in total. The fraction of sp³-hybridized carbons (Fsp3) is 0.562. The smallest absolute Gasteiger partial charge is 0.252 e. The zero-order valence-electron chi connectivity index (χ0n) is 13.8. The summed E-state index contributed by atoms with van der Waals surface area (Å²) in [5.74, 6) is -2.89. The summed E-state index contributed by atoms with van der Waals surface area (Å²) in [7, 11) is 0. The van der Waals surface area contributed by atoms with E-state index in [-0.39, 0.29) is 18.7 Å². The van der Waals surface area contributed by atoms with E-state index in [0.717, 1.165) is 16.4 Å². The van der Waals surface area contributed by atoms with Crippen LogP contribution in [0.25, 0.3) is 0 Å². The van der Waals surface area contributed by atoms with Crippen LogP contribution >= 0.6 is 11.3 Å². The Kier molecular flexibility index (Phi) is 4.07.